The third kappa shape index (κ3) is 4.60. The Balaban J connectivity index is 2.01. The quantitative estimate of drug-likeness (QED) is 0.618. The van der Waals surface area contributed by atoms with Gasteiger partial charge in [0.05, 0.1) is 6.10 Å². The predicted molar refractivity (Wildman–Crippen MR) is 52.7 cm³/mol. The fourth-order valence-electron chi connectivity index (χ4n) is 1.27. The number of hydrogen-bond donors (Lipinski definition) is 2. The van der Waals surface area contributed by atoms with E-state index in [0.717, 1.165) is 19.6 Å². The van der Waals surface area contributed by atoms with Crippen LogP contribution in [0, 0.1) is 5.92 Å². The van der Waals surface area contributed by atoms with Gasteiger partial charge in [-0.05, 0) is 25.2 Å². The minimum absolute atomic E-state index is 0.226. The van der Waals surface area contributed by atoms with E-state index in [0.29, 0.717) is 12.0 Å². The lowest BCUT2D eigenvalue weighted by atomic mass is 10.0. The van der Waals surface area contributed by atoms with E-state index in [1.807, 2.05) is 0 Å². The van der Waals surface area contributed by atoms with Crippen molar-refractivity contribution in [3.05, 3.63) is 0 Å². The average molecular weight is 187 g/mol. The second kappa shape index (κ2) is 5.58. The summed E-state index contributed by atoms with van der Waals surface area (Å²) in [6.45, 7) is 3.54. The van der Waals surface area contributed by atoms with Crippen LogP contribution < -0.4 is 5.32 Å². The number of aliphatic hydroxyl groups excluding tert-OH is 1. The van der Waals surface area contributed by atoms with E-state index in [2.05, 4.69) is 12.2 Å². The molecule has 3 heteroatoms. The van der Waals surface area contributed by atoms with E-state index < -0.39 is 0 Å². The lowest BCUT2D eigenvalue weighted by Gasteiger charge is -2.18. The van der Waals surface area contributed by atoms with Crippen molar-refractivity contribution in [3.8, 4) is 0 Å². The molecular formula is C10H21NO2. The Bertz CT molecular complexity index is 137. The monoisotopic (exact) mass is 187 g/mol. The molecule has 1 saturated carbocycles. The van der Waals surface area contributed by atoms with Crippen molar-refractivity contribution in [1.29, 1.82) is 0 Å². The molecule has 3 nitrogen and oxygen atoms in total. The maximum atomic E-state index is 9.70. The Morgan fingerprint density at radius 2 is 2.23 bits per heavy atom. The van der Waals surface area contributed by atoms with Crippen LogP contribution in [0.3, 0.4) is 0 Å². The van der Waals surface area contributed by atoms with Crippen molar-refractivity contribution in [2.45, 2.75) is 38.3 Å². The number of rotatable bonds is 7. The van der Waals surface area contributed by atoms with Gasteiger partial charge in [0.25, 0.3) is 0 Å². The van der Waals surface area contributed by atoms with E-state index in [-0.39, 0.29) is 6.10 Å². The molecule has 2 unspecified atom stereocenters. The summed E-state index contributed by atoms with van der Waals surface area (Å²) in [5, 5.41) is 13.0. The first-order chi connectivity index (χ1) is 6.24. The molecule has 0 radical (unpaired) electrons. The van der Waals surface area contributed by atoms with Crippen LogP contribution in [0.2, 0.25) is 0 Å². The fourth-order valence-corrected chi connectivity index (χ4v) is 1.27. The SMILES string of the molecule is COCCC(C)C(O)CNC1CC1. The Labute approximate surface area is 80.5 Å². The second-order valence-electron chi connectivity index (χ2n) is 4.01. The predicted octanol–water partition coefficient (Wildman–Crippen LogP) is 0.772. The number of methoxy groups -OCH3 is 1. The van der Waals surface area contributed by atoms with Crippen LogP contribution in [0.1, 0.15) is 26.2 Å². The summed E-state index contributed by atoms with van der Waals surface area (Å²) in [6.07, 6.45) is 3.26. The summed E-state index contributed by atoms with van der Waals surface area (Å²) in [6, 6.07) is 0.685. The molecule has 0 aromatic heterocycles. The maximum Gasteiger partial charge on any atom is 0.0691 e. The minimum Gasteiger partial charge on any atom is -0.392 e. The maximum absolute atomic E-state index is 9.70. The first kappa shape index (κ1) is 11.0. The first-order valence-electron chi connectivity index (χ1n) is 5.14. The van der Waals surface area contributed by atoms with Gasteiger partial charge in [-0.15, -0.1) is 0 Å². The highest BCUT2D eigenvalue weighted by Crippen LogP contribution is 2.19. The summed E-state index contributed by atoms with van der Waals surface area (Å²) in [7, 11) is 1.70. The average Bonchev–Trinajstić information content (AvgIpc) is 2.93. The molecule has 0 aromatic rings. The lowest BCUT2D eigenvalue weighted by molar-refractivity contribution is 0.0876. The molecule has 2 N–H and O–H groups in total. The van der Waals surface area contributed by atoms with E-state index in [1.54, 1.807) is 7.11 Å². The van der Waals surface area contributed by atoms with Crippen LogP contribution in [0.5, 0.6) is 0 Å². The van der Waals surface area contributed by atoms with E-state index >= 15 is 0 Å². The van der Waals surface area contributed by atoms with Gasteiger partial charge in [0.15, 0.2) is 0 Å². The van der Waals surface area contributed by atoms with Crippen molar-refractivity contribution < 1.29 is 9.84 Å². The topological polar surface area (TPSA) is 41.5 Å². The number of hydrogen-bond acceptors (Lipinski definition) is 3. The van der Waals surface area contributed by atoms with Crippen LogP contribution in [-0.4, -0.2) is 37.5 Å². The summed E-state index contributed by atoms with van der Waals surface area (Å²) in [4.78, 5) is 0. The molecule has 1 rings (SSSR count). The minimum atomic E-state index is -0.226. The molecule has 0 saturated heterocycles. The van der Waals surface area contributed by atoms with Crippen LogP contribution in [0.4, 0.5) is 0 Å². The Kier molecular flexibility index (Phi) is 4.70. The molecular weight excluding hydrogens is 166 g/mol. The molecule has 0 heterocycles. The summed E-state index contributed by atoms with van der Waals surface area (Å²) in [5.74, 6) is 0.325. The Morgan fingerprint density at radius 3 is 2.77 bits per heavy atom. The normalized spacial score (nSPS) is 21.5. The highest BCUT2D eigenvalue weighted by molar-refractivity contribution is 4.82. The van der Waals surface area contributed by atoms with E-state index in [9.17, 15) is 5.11 Å². The smallest absolute Gasteiger partial charge is 0.0691 e. The Morgan fingerprint density at radius 1 is 1.54 bits per heavy atom. The van der Waals surface area contributed by atoms with Crippen LogP contribution in [-0.2, 0) is 4.74 Å². The molecule has 0 spiro atoms. The van der Waals surface area contributed by atoms with Gasteiger partial charge in [-0.2, -0.15) is 0 Å². The standard InChI is InChI=1S/C10H21NO2/c1-8(5-6-13-2)10(12)7-11-9-3-4-9/h8-12H,3-7H2,1-2H3. The van der Waals surface area contributed by atoms with Crippen molar-refractivity contribution in [3.63, 3.8) is 0 Å². The van der Waals surface area contributed by atoms with Gasteiger partial charge in [-0.25, -0.2) is 0 Å². The zero-order chi connectivity index (χ0) is 9.68. The third-order valence-electron chi connectivity index (χ3n) is 2.63. The molecule has 0 aliphatic heterocycles. The molecule has 0 bridgehead atoms. The molecule has 0 amide bonds. The number of aliphatic hydroxyl groups is 1. The van der Waals surface area contributed by atoms with Crippen molar-refractivity contribution >= 4 is 0 Å². The zero-order valence-corrected chi connectivity index (χ0v) is 8.62. The third-order valence-corrected chi connectivity index (χ3v) is 2.63. The van der Waals surface area contributed by atoms with Gasteiger partial charge in [0, 0.05) is 26.3 Å². The highest BCUT2D eigenvalue weighted by Gasteiger charge is 2.22. The van der Waals surface area contributed by atoms with Gasteiger partial charge in [0.2, 0.25) is 0 Å². The molecule has 1 fully saturated rings. The molecule has 1 aliphatic carbocycles. The summed E-state index contributed by atoms with van der Waals surface area (Å²) < 4.78 is 4.97. The van der Waals surface area contributed by atoms with Gasteiger partial charge in [-0.1, -0.05) is 6.92 Å². The van der Waals surface area contributed by atoms with Crippen molar-refractivity contribution in [1.82, 2.24) is 5.32 Å². The van der Waals surface area contributed by atoms with Gasteiger partial charge in [0.1, 0.15) is 0 Å². The Hall–Kier alpha value is -0.120. The lowest BCUT2D eigenvalue weighted by Crippen LogP contribution is -2.33. The molecule has 2 atom stereocenters. The van der Waals surface area contributed by atoms with Crippen LogP contribution in [0.15, 0.2) is 0 Å². The largest absolute Gasteiger partial charge is 0.392 e. The summed E-state index contributed by atoms with van der Waals surface area (Å²) >= 11 is 0. The second-order valence-corrected chi connectivity index (χ2v) is 4.01. The molecule has 1 aliphatic rings. The molecule has 0 aromatic carbocycles. The van der Waals surface area contributed by atoms with Crippen LogP contribution >= 0.6 is 0 Å². The number of nitrogens with one attached hydrogen (secondary N) is 1. The van der Waals surface area contributed by atoms with Crippen molar-refractivity contribution in [2.24, 2.45) is 5.92 Å². The highest BCUT2D eigenvalue weighted by atomic mass is 16.5. The van der Waals surface area contributed by atoms with Gasteiger partial charge in [-0.3, -0.25) is 0 Å². The molecule has 13 heavy (non-hydrogen) atoms. The number of ether oxygens (including phenoxy) is 1. The van der Waals surface area contributed by atoms with Crippen molar-refractivity contribution in [2.75, 3.05) is 20.3 Å². The van der Waals surface area contributed by atoms with Crippen LogP contribution in [0.25, 0.3) is 0 Å². The molecule has 78 valence electrons. The zero-order valence-electron chi connectivity index (χ0n) is 8.62. The van der Waals surface area contributed by atoms with E-state index in [4.69, 9.17) is 4.74 Å². The summed E-state index contributed by atoms with van der Waals surface area (Å²) in [5.41, 5.74) is 0. The first-order valence-corrected chi connectivity index (χ1v) is 5.14. The van der Waals surface area contributed by atoms with Gasteiger partial charge >= 0.3 is 0 Å². The van der Waals surface area contributed by atoms with Gasteiger partial charge < -0.3 is 15.2 Å². The van der Waals surface area contributed by atoms with E-state index in [1.165, 1.54) is 12.8 Å². The fraction of sp³-hybridized carbons (Fsp3) is 1.00.